The van der Waals surface area contributed by atoms with E-state index in [2.05, 4.69) is 26.5 Å². The minimum atomic E-state index is -4.53. The standard InChI is InChI=1S/C25H24BrClN4O8S/c1-15-5-7-18(12-20(15)31(33)34)40(35,36)30(21-11-17(27)6-8-22(21)37-2)14-24(32)29-28-13-16-9-19(26)25(39-4)23(10-16)38-3/h5-13H,14H2,1-4H3,(H,29,32)/b28-13-. The molecule has 0 aliphatic heterocycles. The first kappa shape index (κ1) is 30.7. The number of hydrazone groups is 1. The molecule has 0 spiro atoms. The third kappa shape index (κ3) is 6.81. The molecule has 3 aromatic rings. The lowest BCUT2D eigenvalue weighted by Gasteiger charge is -2.25. The lowest BCUT2D eigenvalue weighted by atomic mass is 10.2. The molecule has 212 valence electrons. The summed E-state index contributed by atoms with van der Waals surface area (Å²) in [5, 5.41) is 15.5. The van der Waals surface area contributed by atoms with Crippen LogP contribution in [0.2, 0.25) is 5.02 Å². The van der Waals surface area contributed by atoms with Crippen molar-refractivity contribution in [1.29, 1.82) is 0 Å². The molecule has 0 atom stereocenters. The molecule has 40 heavy (non-hydrogen) atoms. The van der Waals surface area contributed by atoms with Crippen molar-refractivity contribution in [2.24, 2.45) is 5.10 Å². The predicted octanol–water partition coefficient (Wildman–Crippen LogP) is 4.69. The van der Waals surface area contributed by atoms with Gasteiger partial charge < -0.3 is 14.2 Å². The molecular weight excluding hydrogens is 632 g/mol. The van der Waals surface area contributed by atoms with Crippen molar-refractivity contribution in [3.63, 3.8) is 0 Å². The van der Waals surface area contributed by atoms with Crippen molar-refractivity contribution in [3.05, 3.63) is 79.3 Å². The van der Waals surface area contributed by atoms with Gasteiger partial charge in [0.15, 0.2) is 11.5 Å². The van der Waals surface area contributed by atoms with Gasteiger partial charge in [0.1, 0.15) is 12.3 Å². The fourth-order valence-electron chi connectivity index (χ4n) is 3.59. The second kappa shape index (κ2) is 13.0. The maximum atomic E-state index is 13.8. The fraction of sp³-hybridized carbons (Fsp3) is 0.200. The number of aryl methyl sites for hydroxylation is 1. The number of halogens is 2. The van der Waals surface area contributed by atoms with Gasteiger partial charge in [0.25, 0.3) is 21.6 Å². The number of hydrogen-bond acceptors (Lipinski definition) is 9. The number of amides is 1. The van der Waals surface area contributed by atoms with E-state index in [1.807, 2.05) is 0 Å². The summed E-state index contributed by atoms with van der Waals surface area (Å²) in [7, 11) is -0.257. The van der Waals surface area contributed by atoms with Crippen LogP contribution in [0.4, 0.5) is 11.4 Å². The van der Waals surface area contributed by atoms with Gasteiger partial charge in [-0.05, 0) is 64.8 Å². The maximum absolute atomic E-state index is 13.8. The van der Waals surface area contributed by atoms with E-state index in [1.165, 1.54) is 64.8 Å². The molecule has 0 aliphatic rings. The van der Waals surface area contributed by atoms with Gasteiger partial charge in [-0.25, -0.2) is 13.8 Å². The Kier molecular flexibility index (Phi) is 9.95. The molecule has 3 rings (SSSR count). The quantitative estimate of drug-likeness (QED) is 0.178. The summed E-state index contributed by atoms with van der Waals surface area (Å²) < 4.78 is 44.7. The van der Waals surface area contributed by atoms with Crippen molar-refractivity contribution in [2.75, 3.05) is 32.2 Å². The Bertz CT molecular complexity index is 1580. The van der Waals surface area contributed by atoms with Gasteiger partial charge in [-0.15, -0.1) is 0 Å². The minimum Gasteiger partial charge on any atom is -0.495 e. The number of carbonyl (C=O) groups is 1. The molecule has 1 amide bonds. The zero-order valence-corrected chi connectivity index (χ0v) is 24.8. The van der Waals surface area contributed by atoms with Crippen LogP contribution in [0.3, 0.4) is 0 Å². The Balaban J connectivity index is 1.98. The summed E-state index contributed by atoms with van der Waals surface area (Å²) >= 11 is 9.50. The van der Waals surface area contributed by atoms with Crippen LogP contribution < -0.4 is 23.9 Å². The highest BCUT2D eigenvalue weighted by Gasteiger charge is 2.31. The fourth-order valence-corrected chi connectivity index (χ4v) is 5.82. The van der Waals surface area contributed by atoms with Crippen LogP contribution in [0.15, 0.2) is 63.0 Å². The molecule has 0 fully saturated rings. The molecule has 0 bridgehead atoms. The number of nitrogens with one attached hydrogen (secondary N) is 1. The van der Waals surface area contributed by atoms with Crippen molar-refractivity contribution in [3.8, 4) is 17.2 Å². The SMILES string of the molecule is COc1ccc(Cl)cc1N(CC(=O)N/N=C\c1cc(Br)c(OC)c(OC)c1)S(=O)(=O)c1ccc(C)c([N+](=O)[O-])c1. The van der Waals surface area contributed by atoms with Crippen LogP contribution in [0.1, 0.15) is 11.1 Å². The highest BCUT2D eigenvalue weighted by Crippen LogP contribution is 2.37. The summed E-state index contributed by atoms with van der Waals surface area (Å²) in [5.41, 5.74) is 2.65. The lowest BCUT2D eigenvalue weighted by molar-refractivity contribution is -0.385. The normalized spacial score (nSPS) is 11.2. The van der Waals surface area contributed by atoms with E-state index in [0.29, 0.717) is 21.5 Å². The molecule has 12 nitrogen and oxygen atoms in total. The molecule has 15 heteroatoms. The average molecular weight is 656 g/mol. The average Bonchev–Trinajstić information content (AvgIpc) is 2.91. The molecule has 0 heterocycles. The largest absolute Gasteiger partial charge is 0.495 e. The number of benzene rings is 3. The summed E-state index contributed by atoms with van der Waals surface area (Å²) in [6.45, 7) is 0.725. The van der Waals surface area contributed by atoms with Crippen LogP contribution in [0, 0.1) is 17.0 Å². The van der Waals surface area contributed by atoms with Gasteiger partial charge in [0.2, 0.25) is 0 Å². The molecule has 0 aliphatic carbocycles. The van der Waals surface area contributed by atoms with Crippen LogP contribution in [0.5, 0.6) is 17.2 Å². The lowest BCUT2D eigenvalue weighted by Crippen LogP contribution is -2.39. The summed E-state index contributed by atoms with van der Waals surface area (Å²) in [6.07, 6.45) is 1.33. The number of methoxy groups -OCH3 is 3. The second-order valence-corrected chi connectivity index (χ2v) is 11.2. The van der Waals surface area contributed by atoms with Gasteiger partial charge in [-0.1, -0.05) is 17.7 Å². The van der Waals surface area contributed by atoms with Crippen molar-refractivity contribution < 1.29 is 32.3 Å². The first-order valence-corrected chi connectivity index (χ1v) is 13.9. The van der Waals surface area contributed by atoms with Gasteiger partial charge in [0.05, 0.1) is 47.5 Å². The Morgan fingerprint density at radius 1 is 1.10 bits per heavy atom. The topological polar surface area (TPSA) is 150 Å². The number of carbonyl (C=O) groups excluding carboxylic acids is 1. The van der Waals surface area contributed by atoms with E-state index in [-0.39, 0.29) is 22.0 Å². The minimum absolute atomic E-state index is 0.0545. The van der Waals surface area contributed by atoms with Gasteiger partial charge in [-0.2, -0.15) is 5.10 Å². The van der Waals surface area contributed by atoms with Crippen LogP contribution in [-0.2, 0) is 14.8 Å². The van der Waals surface area contributed by atoms with Crippen LogP contribution in [0.25, 0.3) is 0 Å². The number of anilines is 1. The van der Waals surface area contributed by atoms with Crippen molar-refractivity contribution >= 4 is 61.1 Å². The van der Waals surface area contributed by atoms with E-state index in [4.69, 9.17) is 25.8 Å². The van der Waals surface area contributed by atoms with E-state index < -0.39 is 38.0 Å². The summed E-state index contributed by atoms with van der Waals surface area (Å²) in [6, 6.07) is 11.0. The van der Waals surface area contributed by atoms with Crippen molar-refractivity contribution in [2.45, 2.75) is 11.8 Å². The molecule has 0 unspecified atom stereocenters. The number of rotatable bonds is 11. The van der Waals surface area contributed by atoms with Crippen molar-refractivity contribution in [1.82, 2.24) is 5.43 Å². The molecule has 0 radical (unpaired) electrons. The Morgan fingerprint density at radius 3 is 2.42 bits per heavy atom. The molecule has 1 N–H and O–H groups in total. The van der Waals surface area contributed by atoms with Crippen LogP contribution in [-0.4, -0.2) is 53.3 Å². The number of nitrogens with zero attached hydrogens (tertiary/aromatic N) is 3. The van der Waals surface area contributed by atoms with E-state index in [0.717, 1.165) is 10.4 Å². The van der Waals surface area contributed by atoms with E-state index in [9.17, 15) is 23.3 Å². The number of ether oxygens (including phenoxy) is 3. The third-order valence-electron chi connectivity index (χ3n) is 5.52. The smallest absolute Gasteiger partial charge is 0.273 e. The highest BCUT2D eigenvalue weighted by molar-refractivity contribution is 9.10. The monoisotopic (exact) mass is 654 g/mol. The van der Waals surface area contributed by atoms with E-state index >= 15 is 0 Å². The number of nitro groups is 1. The summed E-state index contributed by atoms with van der Waals surface area (Å²) in [4.78, 5) is 23.3. The Morgan fingerprint density at radius 2 is 1.80 bits per heavy atom. The maximum Gasteiger partial charge on any atom is 0.273 e. The van der Waals surface area contributed by atoms with Gasteiger partial charge in [0, 0.05) is 16.7 Å². The number of hydrogen-bond donors (Lipinski definition) is 1. The zero-order chi connectivity index (χ0) is 29.6. The number of nitro benzene ring substituents is 1. The molecular formula is C25H24BrClN4O8S. The second-order valence-electron chi connectivity index (χ2n) is 8.06. The Labute approximate surface area is 243 Å². The first-order chi connectivity index (χ1) is 18.9. The molecule has 3 aromatic carbocycles. The highest BCUT2D eigenvalue weighted by atomic mass is 79.9. The molecule has 0 saturated carbocycles. The van der Waals surface area contributed by atoms with Crippen LogP contribution >= 0.6 is 27.5 Å². The Hall–Kier alpha value is -3.88. The number of sulfonamides is 1. The predicted molar refractivity (Wildman–Crippen MR) is 153 cm³/mol. The van der Waals surface area contributed by atoms with E-state index in [1.54, 1.807) is 12.1 Å². The zero-order valence-electron chi connectivity index (χ0n) is 21.7. The molecule has 0 saturated heterocycles. The first-order valence-electron chi connectivity index (χ1n) is 11.3. The molecule has 0 aromatic heterocycles. The van der Waals surface area contributed by atoms with Gasteiger partial charge in [-0.3, -0.25) is 19.2 Å². The summed E-state index contributed by atoms with van der Waals surface area (Å²) in [5.74, 6) is 0.169. The third-order valence-corrected chi connectivity index (χ3v) is 8.10. The van der Waals surface area contributed by atoms with Gasteiger partial charge >= 0.3 is 0 Å².